The zero-order valence-corrected chi connectivity index (χ0v) is 12.3. The molecule has 0 radical (unpaired) electrons. The van der Waals surface area contributed by atoms with E-state index in [9.17, 15) is 4.79 Å². The van der Waals surface area contributed by atoms with Crippen molar-refractivity contribution in [2.75, 3.05) is 6.61 Å². The van der Waals surface area contributed by atoms with E-state index in [1.807, 2.05) is 6.07 Å². The van der Waals surface area contributed by atoms with E-state index in [1.165, 1.54) is 0 Å². The summed E-state index contributed by atoms with van der Waals surface area (Å²) in [7, 11) is 0. The Kier molecular flexibility index (Phi) is 4.48. The van der Waals surface area contributed by atoms with E-state index in [1.54, 1.807) is 24.7 Å². The Labute approximate surface area is 129 Å². The molecule has 3 rings (SSSR count). The van der Waals surface area contributed by atoms with E-state index in [2.05, 4.69) is 20.5 Å². The van der Waals surface area contributed by atoms with Gasteiger partial charge in [0.25, 0.3) is 5.91 Å². The van der Waals surface area contributed by atoms with Crippen molar-refractivity contribution in [2.45, 2.75) is 31.7 Å². The van der Waals surface area contributed by atoms with Crippen LogP contribution in [0.4, 0.5) is 0 Å². The number of nitrogens with zero attached hydrogens (tertiary/aromatic N) is 2. The molecular formula is C16H20N4O2. The topological polar surface area (TPSA) is 90.9 Å². The molecule has 1 aliphatic carbocycles. The first-order chi connectivity index (χ1) is 10.8. The summed E-state index contributed by atoms with van der Waals surface area (Å²) >= 11 is 0. The van der Waals surface area contributed by atoms with Crippen LogP contribution < -0.4 is 5.32 Å². The van der Waals surface area contributed by atoms with Gasteiger partial charge in [-0.05, 0) is 37.7 Å². The molecule has 2 aromatic heterocycles. The molecule has 1 fully saturated rings. The Morgan fingerprint density at radius 3 is 2.64 bits per heavy atom. The number of aliphatic hydroxyl groups excluding tert-OH is 1. The van der Waals surface area contributed by atoms with Gasteiger partial charge in [-0.2, -0.15) is 5.10 Å². The van der Waals surface area contributed by atoms with Gasteiger partial charge in [-0.15, -0.1) is 0 Å². The Morgan fingerprint density at radius 1 is 1.23 bits per heavy atom. The number of H-pyrrole nitrogens is 1. The third-order valence-electron chi connectivity index (χ3n) is 4.27. The molecule has 0 spiro atoms. The molecule has 6 nitrogen and oxygen atoms in total. The molecule has 0 bridgehead atoms. The predicted molar refractivity (Wildman–Crippen MR) is 82.1 cm³/mol. The lowest BCUT2D eigenvalue weighted by Crippen LogP contribution is -2.38. The van der Waals surface area contributed by atoms with Crippen LogP contribution in [0.15, 0.2) is 30.7 Å². The number of nitrogens with one attached hydrogen (secondary N) is 2. The highest BCUT2D eigenvalue weighted by atomic mass is 16.3. The summed E-state index contributed by atoms with van der Waals surface area (Å²) in [4.78, 5) is 16.5. The third-order valence-corrected chi connectivity index (χ3v) is 4.27. The fourth-order valence-corrected chi connectivity index (χ4v) is 2.86. The van der Waals surface area contributed by atoms with Crippen molar-refractivity contribution in [3.8, 4) is 11.1 Å². The summed E-state index contributed by atoms with van der Waals surface area (Å²) in [6, 6.07) is 3.79. The van der Waals surface area contributed by atoms with Gasteiger partial charge in [0.15, 0.2) is 0 Å². The summed E-state index contributed by atoms with van der Waals surface area (Å²) in [5, 5.41) is 18.8. The Hall–Kier alpha value is -2.21. The molecule has 2 aromatic rings. The third kappa shape index (κ3) is 3.33. The van der Waals surface area contributed by atoms with Crippen molar-refractivity contribution < 1.29 is 9.90 Å². The van der Waals surface area contributed by atoms with E-state index in [0.29, 0.717) is 11.6 Å². The van der Waals surface area contributed by atoms with Crippen molar-refractivity contribution in [3.63, 3.8) is 0 Å². The Morgan fingerprint density at radius 2 is 2.05 bits per heavy atom. The Bertz CT molecular complexity index is 602. The fraction of sp³-hybridized carbons (Fsp3) is 0.438. The molecule has 6 heteroatoms. The molecule has 0 unspecified atom stereocenters. The van der Waals surface area contributed by atoms with Gasteiger partial charge >= 0.3 is 0 Å². The summed E-state index contributed by atoms with van der Waals surface area (Å²) in [5.74, 6) is 0.256. The minimum Gasteiger partial charge on any atom is -0.396 e. The van der Waals surface area contributed by atoms with Crippen LogP contribution in [0.2, 0.25) is 0 Å². The monoisotopic (exact) mass is 300 g/mol. The van der Waals surface area contributed by atoms with Crippen LogP contribution in [-0.2, 0) is 0 Å². The molecule has 1 amide bonds. The molecule has 1 aliphatic rings. The molecule has 22 heavy (non-hydrogen) atoms. The molecular weight excluding hydrogens is 280 g/mol. The highest BCUT2D eigenvalue weighted by Gasteiger charge is 2.22. The highest BCUT2D eigenvalue weighted by Crippen LogP contribution is 2.24. The second kappa shape index (κ2) is 6.70. The van der Waals surface area contributed by atoms with E-state index >= 15 is 0 Å². The first-order valence-corrected chi connectivity index (χ1v) is 7.63. The number of aliphatic hydroxyl groups is 1. The molecule has 0 saturated heterocycles. The lowest BCUT2D eigenvalue weighted by atomic mass is 9.86. The maximum atomic E-state index is 12.2. The maximum absolute atomic E-state index is 12.2. The molecule has 116 valence electrons. The average Bonchev–Trinajstić information content (AvgIpc) is 3.10. The summed E-state index contributed by atoms with van der Waals surface area (Å²) in [6.07, 6.45) is 8.96. The van der Waals surface area contributed by atoms with E-state index in [0.717, 1.165) is 36.8 Å². The van der Waals surface area contributed by atoms with Crippen molar-refractivity contribution in [1.29, 1.82) is 0 Å². The van der Waals surface area contributed by atoms with Gasteiger partial charge in [0.2, 0.25) is 0 Å². The number of aromatic amines is 1. The van der Waals surface area contributed by atoms with Crippen LogP contribution in [0.1, 0.15) is 36.2 Å². The molecule has 2 heterocycles. The number of hydrogen-bond acceptors (Lipinski definition) is 4. The van der Waals surface area contributed by atoms with E-state index in [-0.39, 0.29) is 18.6 Å². The SMILES string of the molecule is O=C(NC1CCC(CO)CC1)c1ccc(-c2cn[nH]c2)cn1. The first-order valence-electron chi connectivity index (χ1n) is 7.63. The number of hydrogen-bond donors (Lipinski definition) is 3. The second-order valence-corrected chi connectivity index (χ2v) is 5.79. The van der Waals surface area contributed by atoms with Gasteiger partial charge in [0.05, 0.1) is 6.20 Å². The number of rotatable bonds is 4. The van der Waals surface area contributed by atoms with E-state index < -0.39 is 0 Å². The van der Waals surface area contributed by atoms with Crippen LogP contribution in [0.3, 0.4) is 0 Å². The lowest BCUT2D eigenvalue weighted by Gasteiger charge is -2.27. The summed E-state index contributed by atoms with van der Waals surface area (Å²) < 4.78 is 0. The van der Waals surface area contributed by atoms with Crippen LogP contribution in [0.5, 0.6) is 0 Å². The molecule has 0 aliphatic heterocycles. The maximum Gasteiger partial charge on any atom is 0.270 e. The quantitative estimate of drug-likeness (QED) is 0.802. The number of carbonyl (C=O) groups is 1. The number of carbonyl (C=O) groups excluding carboxylic acids is 1. The van der Waals surface area contributed by atoms with Gasteiger partial charge in [-0.1, -0.05) is 6.07 Å². The van der Waals surface area contributed by atoms with Gasteiger partial charge in [0, 0.05) is 36.2 Å². The van der Waals surface area contributed by atoms with Crippen LogP contribution in [0, 0.1) is 5.92 Å². The summed E-state index contributed by atoms with van der Waals surface area (Å²) in [5.41, 5.74) is 2.30. The van der Waals surface area contributed by atoms with Gasteiger partial charge in [0.1, 0.15) is 5.69 Å². The molecule has 3 N–H and O–H groups in total. The largest absolute Gasteiger partial charge is 0.396 e. The van der Waals surface area contributed by atoms with Crippen molar-refractivity contribution >= 4 is 5.91 Å². The van der Waals surface area contributed by atoms with Gasteiger partial charge < -0.3 is 10.4 Å². The molecule has 0 aromatic carbocycles. The van der Waals surface area contributed by atoms with Crippen LogP contribution >= 0.6 is 0 Å². The van der Waals surface area contributed by atoms with Crippen molar-refractivity contribution in [1.82, 2.24) is 20.5 Å². The first kappa shape index (κ1) is 14.7. The molecule has 1 saturated carbocycles. The normalized spacial score (nSPS) is 21.5. The smallest absolute Gasteiger partial charge is 0.270 e. The van der Waals surface area contributed by atoms with E-state index in [4.69, 9.17) is 5.11 Å². The minimum atomic E-state index is -0.133. The molecule has 0 atom stereocenters. The highest BCUT2D eigenvalue weighted by molar-refractivity contribution is 5.92. The van der Waals surface area contributed by atoms with Crippen molar-refractivity contribution in [2.24, 2.45) is 5.92 Å². The summed E-state index contributed by atoms with van der Waals surface area (Å²) in [6.45, 7) is 0.248. The number of amides is 1. The lowest BCUT2D eigenvalue weighted by molar-refractivity contribution is 0.0909. The zero-order valence-electron chi connectivity index (χ0n) is 12.3. The predicted octanol–water partition coefficient (Wildman–Crippen LogP) is 1.75. The van der Waals surface area contributed by atoms with Crippen LogP contribution in [-0.4, -0.2) is 38.8 Å². The fourth-order valence-electron chi connectivity index (χ4n) is 2.86. The zero-order chi connectivity index (χ0) is 15.4. The average molecular weight is 300 g/mol. The number of pyridine rings is 1. The Balaban J connectivity index is 1.58. The van der Waals surface area contributed by atoms with Gasteiger partial charge in [-0.3, -0.25) is 14.9 Å². The standard InChI is InChI=1S/C16H20N4O2/c21-10-11-1-4-14(5-2-11)20-16(22)15-6-3-12(7-17-15)13-8-18-19-9-13/h3,6-9,11,14,21H,1-2,4-5,10H2,(H,18,19)(H,20,22). The van der Waals surface area contributed by atoms with Crippen LogP contribution in [0.25, 0.3) is 11.1 Å². The number of aromatic nitrogens is 3. The minimum absolute atomic E-state index is 0.133. The van der Waals surface area contributed by atoms with Crippen molar-refractivity contribution in [3.05, 3.63) is 36.4 Å². The van der Waals surface area contributed by atoms with Gasteiger partial charge in [-0.25, -0.2) is 0 Å². The second-order valence-electron chi connectivity index (χ2n) is 5.79.